The Bertz CT molecular complexity index is 275. The van der Waals surface area contributed by atoms with Crippen LogP contribution in [0.15, 0.2) is 0 Å². The van der Waals surface area contributed by atoms with Gasteiger partial charge < -0.3 is 10.6 Å². The third-order valence-electron chi connectivity index (χ3n) is 1.88. The molecule has 0 aromatic carbocycles. The van der Waals surface area contributed by atoms with Gasteiger partial charge in [-0.15, -0.1) is 0 Å². The Labute approximate surface area is 91.5 Å². The van der Waals surface area contributed by atoms with Crippen molar-refractivity contribution >= 4 is 15.7 Å². The van der Waals surface area contributed by atoms with Crippen LogP contribution in [0, 0.1) is 0 Å². The molecule has 0 unspecified atom stereocenters. The fraction of sp³-hybridized carbons (Fsp3) is 0.889. The summed E-state index contributed by atoms with van der Waals surface area (Å²) >= 11 is 0. The molecule has 0 aliphatic heterocycles. The van der Waals surface area contributed by atoms with Crippen molar-refractivity contribution in [2.45, 2.75) is 19.3 Å². The van der Waals surface area contributed by atoms with E-state index in [2.05, 4.69) is 10.6 Å². The molecule has 0 saturated heterocycles. The molecule has 0 bridgehead atoms. The first-order valence-corrected chi connectivity index (χ1v) is 7.11. The predicted molar refractivity (Wildman–Crippen MR) is 60.5 cm³/mol. The zero-order chi connectivity index (χ0) is 11.7. The highest BCUT2D eigenvalue weighted by molar-refractivity contribution is 7.90. The maximum atomic E-state index is 11.2. The lowest BCUT2D eigenvalue weighted by Gasteiger charge is -2.04. The van der Waals surface area contributed by atoms with Crippen molar-refractivity contribution in [1.82, 2.24) is 10.6 Å². The highest BCUT2D eigenvalue weighted by atomic mass is 32.2. The lowest BCUT2D eigenvalue weighted by Crippen LogP contribution is -2.28. The lowest BCUT2D eigenvalue weighted by atomic mass is 10.2. The standard InChI is InChI=1S/C9H20N2O3S/c1-10-6-4-3-5-9(12)11-7-8-15(2,13)14/h10H,3-8H2,1-2H3,(H,11,12). The van der Waals surface area contributed by atoms with Crippen molar-refractivity contribution in [3.63, 3.8) is 0 Å². The number of rotatable bonds is 8. The SMILES string of the molecule is CNCCCCC(=O)NCCS(C)(=O)=O. The van der Waals surface area contributed by atoms with E-state index in [0.29, 0.717) is 6.42 Å². The monoisotopic (exact) mass is 236 g/mol. The van der Waals surface area contributed by atoms with Crippen LogP contribution in [0.4, 0.5) is 0 Å². The first-order valence-electron chi connectivity index (χ1n) is 5.05. The summed E-state index contributed by atoms with van der Waals surface area (Å²) in [6.45, 7) is 1.11. The van der Waals surface area contributed by atoms with Crippen molar-refractivity contribution in [3.8, 4) is 0 Å². The maximum absolute atomic E-state index is 11.2. The molecule has 5 nitrogen and oxygen atoms in total. The smallest absolute Gasteiger partial charge is 0.220 e. The molecule has 0 aliphatic rings. The first kappa shape index (κ1) is 14.4. The zero-order valence-electron chi connectivity index (χ0n) is 9.38. The lowest BCUT2D eigenvalue weighted by molar-refractivity contribution is -0.121. The van der Waals surface area contributed by atoms with Crippen LogP contribution >= 0.6 is 0 Å². The van der Waals surface area contributed by atoms with E-state index in [1.54, 1.807) is 0 Å². The molecule has 0 spiro atoms. The summed E-state index contributed by atoms with van der Waals surface area (Å²) in [5.74, 6) is -0.0651. The minimum atomic E-state index is -2.97. The van der Waals surface area contributed by atoms with Crippen LogP contribution in [0.1, 0.15) is 19.3 Å². The Balaban J connectivity index is 3.42. The van der Waals surface area contributed by atoms with Crippen LogP contribution in [0.5, 0.6) is 0 Å². The van der Waals surface area contributed by atoms with Crippen LogP contribution < -0.4 is 10.6 Å². The third-order valence-corrected chi connectivity index (χ3v) is 2.82. The number of amides is 1. The Morgan fingerprint density at radius 3 is 2.40 bits per heavy atom. The van der Waals surface area contributed by atoms with Gasteiger partial charge in [0, 0.05) is 19.2 Å². The molecule has 0 saturated carbocycles. The quantitative estimate of drug-likeness (QED) is 0.559. The van der Waals surface area contributed by atoms with Gasteiger partial charge in [0.2, 0.25) is 5.91 Å². The summed E-state index contributed by atoms with van der Waals surface area (Å²) in [6, 6.07) is 0. The molecule has 0 rings (SSSR count). The molecule has 0 heterocycles. The van der Waals surface area contributed by atoms with Crippen molar-refractivity contribution in [2.24, 2.45) is 0 Å². The van der Waals surface area contributed by atoms with E-state index >= 15 is 0 Å². The van der Waals surface area contributed by atoms with Gasteiger partial charge in [0.05, 0.1) is 5.75 Å². The van der Waals surface area contributed by atoms with E-state index in [9.17, 15) is 13.2 Å². The van der Waals surface area contributed by atoms with Crippen molar-refractivity contribution in [2.75, 3.05) is 32.1 Å². The second-order valence-electron chi connectivity index (χ2n) is 3.54. The normalized spacial score (nSPS) is 11.3. The van der Waals surface area contributed by atoms with Gasteiger partial charge in [-0.3, -0.25) is 4.79 Å². The minimum Gasteiger partial charge on any atom is -0.355 e. The van der Waals surface area contributed by atoms with Crippen molar-refractivity contribution in [1.29, 1.82) is 0 Å². The number of sulfone groups is 1. The molecule has 0 aromatic rings. The topological polar surface area (TPSA) is 75.3 Å². The van der Waals surface area contributed by atoms with Crippen LogP contribution in [0.3, 0.4) is 0 Å². The second-order valence-corrected chi connectivity index (χ2v) is 5.80. The Morgan fingerprint density at radius 2 is 1.87 bits per heavy atom. The number of carbonyl (C=O) groups excluding carboxylic acids is 1. The fourth-order valence-corrected chi connectivity index (χ4v) is 1.52. The molecule has 0 fully saturated rings. The summed E-state index contributed by atoms with van der Waals surface area (Å²) in [5, 5.41) is 5.57. The van der Waals surface area contributed by atoms with Crippen molar-refractivity contribution in [3.05, 3.63) is 0 Å². The number of hydrogen-bond acceptors (Lipinski definition) is 4. The summed E-state index contributed by atoms with van der Waals surface area (Å²) in [6.07, 6.45) is 3.40. The fourth-order valence-electron chi connectivity index (χ4n) is 1.05. The van der Waals surface area contributed by atoms with Gasteiger partial charge in [-0.1, -0.05) is 0 Å². The Kier molecular flexibility index (Phi) is 7.33. The molecule has 6 heteroatoms. The predicted octanol–water partition coefficient (Wildman–Crippen LogP) is -0.463. The Hall–Kier alpha value is -0.620. The highest BCUT2D eigenvalue weighted by Crippen LogP contribution is 1.93. The molecular formula is C9H20N2O3S. The van der Waals surface area contributed by atoms with Crippen LogP contribution in [0.25, 0.3) is 0 Å². The maximum Gasteiger partial charge on any atom is 0.220 e. The van der Waals surface area contributed by atoms with E-state index in [1.165, 1.54) is 0 Å². The number of unbranched alkanes of at least 4 members (excludes halogenated alkanes) is 1. The summed E-state index contributed by atoms with van der Waals surface area (Å²) in [5.41, 5.74) is 0. The molecule has 0 aliphatic carbocycles. The van der Waals surface area contributed by atoms with Gasteiger partial charge in [0.1, 0.15) is 9.84 Å². The second kappa shape index (κ2) is 7.64. The molecular weight excluding hydrogens is 216 g/mol. The minimum absolute atomic E-state index is 0.00918. The zero-order valence-corrected chi connectivity index (χ0v) is 10.2. The summed E-state index contributed by atoms with van der Waals surface area (Å²) in [4.78, 5) is 11.2. The van der Waals surface area contributed by atoms with Gasteiger partial charge in [0.25, 0.3) is 0 Å². The van der Waals surface area contributed by atoms with Gasteiger partial charge in [-0.2, -0.15) is 0 Å². The van der Waals surface area contributed by atoms with Gasteiger partial charge in [-0.25, -0.2) is 8.42 Å². The van der Waals surface area contributed by atoms with E-state index in [0.717, 1.165) is 25.6 Å². The molecule has 2 N–H and O–H groups in total. The highest BCUT2D eigenvalue weighted by Gasteiger charge is 2.04. The summed E-state index contributed by atoms with van der Waals surface area (Å²) < 4.78 is 21.5. The van der Waals surface area contributed by atoms with Gasteiger partial charge >= 0.3 is 0 Å². The molecule has 15 heavy (non-hydrogen) atoms. The number of hydrogen-bond donors (Lipinski definition) is 2. The van der Waals surface area contributed by atoms with Crippen LogP contribution in [0.2, 0.25) is 0 Å². The first-order chi connectivity index (χ1) is 6.95. The molecule has 0 radical (unpaired) electrons. The molecule has 0 atom stereocenters. The summed E-state index contributed by atoms with van der Waals surface area (Å²) in [7, 11) is -1.11. The van der Waals surface area contributed by atoms with Crippen molar-refractivity contribution < 1.29 is 13.2 Å². The Morgan fingerprint density at radius 1 is 1.20 bits per heavy atom. The van der Waals surface area contributed by atoms with E-state index < -0.39 is 9.84 Å². The molecule has 90 valence electrons. The third kappa shape index (κ3) is 11.3. The van der Waals surface area contributed by atoms with Crippen LogP contribution in [-0.2, 0) is 14.6 Å². The van der Waals surface area contributed by atoms with E-state index in [-0.39, 0.29) is 18.2 Å². The average Bonchev–Trinajstić information content (AvgIpc) is 2.10. The molecule has 0 aromatic heterocycles. The number of carbonyl (C=O) groups is 1. The van der Waals surface area contributed by atoms with Crippen LogP contribution in [-0.4, -0.2) is 46.5 Å². The van der Waals surface area contributed by atoms with Gasteiger partial charge in [-0.05, 0) is 26.4 Å². The van der Waals surface area contributed by atoms with E-state index in [4.69, 9.17) is 0 Å². The average molecular weight is 236 g/mol. The van der Waals surface area contributed by atoms with Gasteiger partial charge in [0.15, 0.2) is 0 Å². The van der Waals surface area contributed by atoms with E-state index in [1.807, 2.05) is 7.05 Å². The number of nitrogens with one attached hydrogen (secondary N) is 2. The molecule has 1 amide bonds. The largest absolute Gasteiger partial charge is 0.355 e.